The van der Waals surface area contributed by atoms with Crippen LogP contribution < -0.4 is 16.5 Å². The summed E-state index contributed by atoms with van der Waals surface area (Å²) in [5, 5.41) is 19.9. The van der Waals surface area contributed by atoms with Gasteiger partial charge in [-0.25, -0.2) is 4.79 Å². The molecular weight excluding hydrogens is 171 g/mol. The monoisotopic (exact) mass is 180 g/mol. The Hall–Kier alpha value is -1.53. The van der Waals surface area contributed by atoms with Gasteiger partial charge in [-0.1, -0.05) is 12.1 Å². The zero-order valence-corrected chi connectivity index (χ0v) is 6.77. The van der Waals surface area contributed by atoms with Gasteiger partial charge in [-0.15, -0.1) is 0 Å². The van der Waals surface area contributed by atoms with Crippen LogP contribution in [-0.2, 0) is 0 Å². The molecule has 1 aromatic carbocycles. The number of urea groups is 1. The first-order valence-corrected chi connectivity index (χ1v) is 3.62. The number of hydrogen-bond donors (Lipinski definition) is 4. The molecule has 0 aliphatic carbocycles. The van der Waals surface area contributed by atoms with E-state index in [-0.39, 0.29) is 0 Å². The van der Waals surface area contributed by atoms with Crippen molar-refractivity contribution in [1.29, 1.82) is 0 Å². The normalized spacial score (nSPS) is 9.38. The summed E-state index contributed by atoms with van der Waals surface area (Å²) in [6, 6.07) is 5.44. The van der Waals surface area contributed by atoms with E-state index < -0.39 is 13.1 Å². The lowest BCUT2D eigenvalue weighted by Crippen LogP contribution is -2.30. The first-order valence-electron chi connectivity index (χ1n) is 3.62. The van der Waals surface area contributed by atoms with Crippen LogP contribution in [0.1, 0.15) is 0 Å². The maximum Gasteiger partial charge on any atom is 0.488 e. The molecular formula is C7H9BN2O3. The molecule has 0 unspecified atom stereocenters. The van der Waals surface area contributed by atoms with Crippen LogP contribution in [0.5, 0.6) is 0 Å². The first kappa shape index (κ1) is 9.56. The molecule has 0 heterocycles. The number of benzene rings is 1. The van der Waals surface area contributed by atoms with Crippen molar-refractivity contribution in [3.8, 4) is 0 Å². The molecule has 5 nitrogen and oxygen atoms in total. The number of carbonyl (C=O) groups excluding carboxylic acids is 1. The average molecular weight is 180 g/mol. The molecule has 0 atom stereocenters. The van der Waals surface area contributed by atoms with E-state index in [9.17, 15) is 4.79 Å². The zero-order valence-electron chi connectivity index (χ0n) is 6.77. The highest BCUT2D eigenvalue weighted by Crippen LogP contribution is 2.02. The maximum atomic E-state index is 10.4. The number of anilines is 1. The fraction of sp³-hybridized carbons (Fsp3) is 0. The molecule has 6 heteroatoms. The number of hydrogen-bond acceptors (Lipinski definition) is 3. The van der Waals surface area contributed by atoms with Crippen LogP contribution in [0.15, 0.2) is 24.3 Å². The maximum absolute atomic E-state index is 10.4. The molecule has 0 aromatic heterocycles. The van der Waals surface area contributed by atoms with Crippen LogP contribution in [0.4, 0.5) is 10.5 Å². The third-order valence-corrected chi connectivity index (χ3v) is 1.45. The van der Waals surface area contributed by atoms with Crippen molar-refractivity contribution in [3.05, 3.63) is 24.3 Å². The van der Waals surface area contributed by atoms with Crippen molar-refractivity contribution in [2.24, 2.45) is 5.73 Å². The van der Waals surface area contributed by atoms with Gasteiger partial charge in [0.2, 0.25) is 0 Å². The molecule has 1 rings (SSSR count). The van der Waals surface area contributed by atoms with Crippen LogP contribution in [-0.4, -0.2) is 23.2 Å². The highest BCUT2D eigenvalue weighted by molar-refractivity contribution is 6.58. The average Bonchev–Trinajstić information content (AvgIpc) is 2.03. The summed E-state index contributed by atoms with van der Waals surface area (Å²) in [5.74, 6) is 0. The first-order chi connectivity index (χ1) is 6.09. The van der Waals surface area contributed by atoms with Gasteiger partial charge in [0, 0.05) is 5.69 Å². The molecule has 1 aromatic rings. The van der Waals surface area contributed by atoms with Crippen molar-refractivity contribution in [2.75, 3.05) is 5.32 Å². The van der Waals surface area contributed by atoms with E-state index in [1.807, 2.05) is 0 Å². The highest BCUT2D eigenvalue weighted by Gasteiger charge is 2.10. The van der Waals surface area contributed by atoms with Crippen molar-refractivity contribution in [2.45, 2.75) is 0 Å². The van der Waals surface area contributed by atoms with E-state index in [0.717, 1.165) is 0 Å². The lowest BCUT2D eigenvalue weighted by molar-refractivity contribution is 0.259. The van der Waals surface area contributed by atoms with Gasteiger partial charge >= 0.3 is 13.1 Å². The summed E-state index contributed by atoms with van der Waals surface area (Å²) in [5.41, 5.74) is 5.60. The summed E-state index contributed by atoms with van der Waals surface area (Å²) in [4.78, 5) is 10.4. The standard InChI is InChI=1S/C7H9BN2O3/c9-7(11)10-6-3-1-2-5(4-6)8(12)13/h1-4,12-13H,(H3,9,10,11). The number of nitrogens with one attached hydrogen (secondary N) is 1. The van der Waals surface area contributed by atoms with E-state index in [0.29, 0.717) is 11.2 Å². The molecule has 68 valence electrons. The van der Waals surface area contributed by atoms with Gasteiger partial charge in [0.15, 0.2) is 0 Å². The molecule has 0 aliphatic rings. The molecule has 2 amide bonds. The Morgan fingerprint density at radius 2 is 2.15 bits per heavy atom. The minimum Gasteiger partial charge on any atom is -0.423 e. The minimum absolute atomic E-state index is 0.297. The van der Waals surface area contributed by atoms with Gasteiger partial charge in [-0.2, -0.15) is 0 Å². The molecule has 0 saturated carbocycles. The fourth-order valence-corrected chi connectivity index (χ4v) is 0.919. The topological polar surface area (TPSA) is 95.6 Å². The van der Waals surface area contributed by atoms with E-state index in [4.69, 9.17) is 15.8 Å². The fourth-order valence-electron chi connectivity index (χ4n) is 0.919. The molecule has 0 spiro atoms. The number of amides is 2. The predicted molar refractivity (Wildman–Crippen MR) is 49.5 cm³/mol. The second-order valence-corrected chi connectivity index (χ2v) is 2.49. The van der Waals surface area contributed by atoms with Crippen molar-refractivity contribution < 1.29 is 14.8 Å². The van der Waals surface area contributed by atoms with Gasteiger partial charge in [0.05, 0.1) is 0 Å². The van der Waals surface area contributed by atoms with E-state index in [1.165, 1.54) is 12.1 Å². The van der Waals surface area contributed by atoms with E-state index in [1.54, 1.807) is 12.1 Å². The summed E-state index contributed by atoms with van der Waals surface area (Å²) in [6.07, 6.45) is 0. The van der Waals surface area contributed by atoms with E-state index >= 15 is 0 Å². The molecule has 13 heavy (non-hydrogen) atoms. The molecule has 0 saturated heterocycles. The summed E-state index contributed by atoms with van der Waals surface area (Å²) < 4.78 is 0. The number of nitrogens with two attached hydrogens (primary N) is 1. The lowest BCUT2D eigenvalue weighted by atomic mass is 9.80. The predicted octanol–water partition coefficient (Wildman–Crippen LogP) is -1.14. The summed E-state index contributed by atoms with van der Waals surface area (Å²) in [7, 11) is -1.55. The molecule has 0 aliphatic heterocycles. The van der Waals surface area contributed by atoms with Crippen LogP contribution >= 0.6 is 0 Å². The van der Waals surface area contributed by atoms with Crippen LogP contribution in [0.3, 0.4) is 0 Å². The zero-order chi connectivity index (χ0) is 9.84. The van der Waals surface area contributed by atoms with Crippen molar-refractivity contribution in [3.63, 3.8) is 0 Å². The highest BCUT2D eigenvalue weighted by atomic mass is 16.4. The smallest absolute Gasteiger partial charge is 0.423 e. The Balaban J connectivity index is 2.85. The Morgan fingerprint density at radius 1 is 1.46 bits per heavy atom. The van der Waals surface area contributed by atoms with Crippen LogP contribution in [0.2, 0.25) is 0 Å². The Morgan fingerprint density at radius 3 is 2.69 bits per heavy atom. The van der Waals surface area contributed by atoms with Gasteiger partial charge in [-0.3, -0.25) is 0 Å². The molecule has 0 bridgehead atoms. The number of carbonyl (C=O) groups is 1. The second kappa shape index (κ2) is 3.93. The quantitative estimate of drug-likeness (QED) is 0.433. The SMILES string of the molecule is NC(=O)Nc1cccc(B(O)O)c1. The summed E-state index contributed by atoms with van der Waals surface area (Å²) in [6.45, 7) is 0. The molecule has 5 N–H and O–H groups in total. The number of primary amides is 1. The van der Waals surface area contributed by atoms with Gasteiger partial charge < -0.3 is 21.1 Å². The number of rotatable bonds is 2. The molecule has 0 fully saturated rings. The molecule has 0 radical (unpaired) electrons. The van der Waals surface area contributed by atoms with Crippen molar-refractivity contribution in [1.82, 2.24) is 0 Å². The van der Waals surface area contributed by atoms with Gasteiger partial charge in [0.1, 0.15) is 0 Å². The lowest BCUT2D eigenvalue weighted by Gasteiger charge is -2.03. The van der Waals surface area contributed by atoms with Gasteiger partial charge in [0.25, 0.3) is 0 Å². The third-order valence-electron chi connectivity index (χ3n) is 1.45. The minimum atomic E-state index is -1.55. The third kappa shape index (κ3) is 2.77. The van der Waals surface area contributed by atoms with Crippen LogP contribution in [0, 0.1) is 0 Å². The Labute approximate surface area is 75.3 Å². The van der Waals surface area contributed by atoms with Gasteiger partial charge in [-0.05, 0) is 17.6 Å². The van der Waals surface area contributed by atoms with Crippen molar-refractivity contribution >= 4 is 24.3 Å². The Bertz CT molecular complexity index is 316. The summed E-state index contributed by atoms with van der Waals surface area (Å²) >= 11 is 0. The second-order valence-electron chi connectivity index (χ2n) is 2.49. The Kier molecular flexibility index (Phi) is 2.89. The van der Waals surface area contributed by atoms with Crippen LogP contribution in [0.25, 0.3) is 0 Å². The largest absolute Gasteiger partial charge is 0.488 e. The van der Waals surface area contributed by atoms with E-state index in [2.05, 4.69) is 5.32 Å².